The lowest BCUT2D eigenvalue weighted by Crippen LogP contribution is -2.44. The molecule has 10 nitrogen and oxygen atoms in total. The molecule has 1 aromatic carbocycles. The van der Waals surface area contributed by atoms with Gasteiger partial charge in [0.1, 0.15) is 0 Å². The molecule has 0 radical (unpaired) electrons. The Hall–Kier alpha value is -2.08. The fourth-order valence-electron chi connectivity index (χ4n) is 2.46. The molecule has 26 heavy (non-hydrogen) atoms. The molecule has 142 valence electrons. The number of halogens is 1. The molecule has 1 saturated carbocycles. The minimum absolute atomic E-state index is 0. The molecular weight excluding hydrogens is 386 g/mol. The minimum atomic E-state index is -3.78. The van der Waals surface area contributed by atoms with Gasteiger partial charge in [-0.25, -0.2) is 13.1 Å². The maximum Gasteiger partial charge on any atom is 0.269 e. The number of nitrogens with one attached hydrogen (secondary N) is 1. The molecule has 3 N–H and O–H groups in total. The van der Waals surface area contributed by atoms with Gasteiger partial charge in [0.05, 0.1) is 15.4 Å². The topological polar surface area (TPSA) is 154 Å². The summed E-state index contributed by atoms with van der Waals surface area (Å²) in [6, 6.07) is 4.64. The highest BCUT2D eigenvalue weighted by atomic mass is 35.5. The largest absolute Gasteiger partial charge is 0.339 e. The highest BCUT2D eigenvalue weighted by molar-refractivity contribution is 7.89. The normalized spacial score (nSPS) is 15.7. The third-order valence-electron chi connectivity index (χ3n) is 4.15. The van der Waals surface area contributed by atoms with Gasteiger partial charge in [-0.1, -0.05) is 5.16 Å². The van der Waals surface area contributed by atoms with Crippen molar-refractivity contribution in [3.05, 3.63) is 46.1 Å². The summed E-state index contributed by atoms with van der Waals surface area (Å²) in [6.07, 6.45) is 2.85. The number of rotatable bonds is 7. The van der Waals surface area contributed by atoms with Gasteiger partial charge in [0, 0.05) is 25.1 Å². The van der Waals surface area contributed by atoms with E-state index < -0.39 is 20.5 Å². The molecule has 0 aliphatic heterocycles. The van der Waals surface area contributed by atoms with Crippen molar-refractivity contribution in [2.45, 2.75) is 36.1 Å². The highest BCUT2D eigenvalue weighted by Gasteiger charge is 2.38. The van der Waals surface area contributed by atoms with Gasteiger partial charge in [0.2, 0.25) is 15.9 Å². The van der Waals surface area contributed by atoms with Gasteiger partial charge < -0.3 is 10.3 Å². The summed E-state index contributed by atoms with van der Waals surface area (Å²) in [5.74, 6) is 0.755. The fourth-order valence-corrected chi connectivity index (χ4v) is 3.49. The van der Waals surface area contributed by atoms with E-state index in [-0.39, 0.29) is 36.0 Å². The Morgan fingerprint density at radius 1 is 1.31 bits per heavy atom. The van der Waals surface area contributed by atoms with Crippen molar-refractivity contribution < 1.29 is 17.9 Å². The lowest BCUT2D eigenvalue weighted by molar-refractivity contribution is -0.384. The highest BCUT2D eigenvalue weighted by Crippen LogP contribution is 2.36. The first-order chi connectivity index (χ1) is 11.8. The quantitative estimate of drug-likeness (QED) is 0.517. The molecule has 2 aromatic rings. The van der Waals surface area contributed by atoms with Crippen LogP contribution < -0.4 is 10.5 Å². The van der Waals surface area contributed by atoms with E-state index in [1.54, 1.807) is 0 Å². The zero-order chi connectivity index (χ0) is 18.1. The lowest BCUT2D eigenvalue weighted by atomic mass is 9.77. The Bertz CT molecular complexity index is 879. The van der Waals surface area contributed by atoms with Crippen LogP contribution in [0.3, 0.4) is 0 Å². The average Bonchev–Trinajstić information content (AvgIpc) is 3.01. The van der Waals surface area contributed by atoms with Crippen LogP contribution in [-0.4, -0.2) is 30.0 Å². The maximum absolute atomic E-state index is 12.2. The summed E-state index contributed by atoms with van der Waals surface area (Å²) in [5.41, 5.74) is 5.40. The van der Waals surface area contributed by atoms with Crippen LogP contribution in [0.2, 0.25) is 0 Å². The molecule has 3 rings (SSSR count). The molecule has 1 heterocycles. The molecule has 0 unspecified atom stereocenters. The number of benzene rings is 1. The monoisotopic (exact) mass is 403 g/mol. The van der Waals surface area contributed by atoms with E-state index in [1.165, 1.54) is 12.1 Å². The summed E-state index contributed by atoms with van der Waals surface area (Å²) in [7, 11) is -3.78. The van der Waals surface area contributed by atoms with Crippen LogP contribution in [0.15, 0.2) is 33.7 Å². The van der Waals surface area contributed by atoms with Gasteiger partial charge in [0.25, 0.3) is 5.69 Å². The molecular formula is C14H18ClN5O5S. The Morgan fingerprint density at radius 3 is 2.50 bits per heavy atom. The predicted octanol–water partition coefficient (Wildman–Crippen LogP) is 1.26. The molecule has 1 aliphatic rings. The van der Waals surface area contributed by atoms with Crippen molar-refractivity contribution in [1.29, 1.82) is 0 Å². The van der Waals surface area contributed by atoms with Crippen LogP contribution in [0.1, 0.15) is 31.0 Å². The van der Waals surface area contributed by atoms with Crippen molar-refractivity contribution >= 4 is 28.1 Å². The first-order valence-corrected chi connectivity index (χ1v) is 9.15. The van der Waals surface area contributed by atoms with Gasteiger partial charge in [-0.15, -0.1) is 12.4 Å². The van der Waals surface area contributed by atoms with Gasteiger partial charge in [-0.3, -0.25) is 10.1 Å². The van der Waals surface area contributed by atoms with Gasteiger partial charge in [-0.05, 0) is 31.4 Å². The van der Waals surface area contributed by atoms with Crippen LogP contribution in [0.25, 0.3) is 0 Å². The van der Waals surface area contributed by atoms with Crippen LogP contribution in [0, 0.1) is 10.1 Å². The van der Waals surface area contributed by atoms with Gasteiger partial charge >= 0.3 is 0 Å². The first-order valence-electron chi connectivity index (χ1n) is 7.66. The number of nitro benzene ring substituents is 1. The summed E-state index contributed by atoms with van der Waals surface area (Å²) in [6.45, 7) is 0.0541. The lowest BCUT2D eigenvalue weighted by Gasteiger charge is -2.34. The number of aromatic nitrogens is 2. The average molecular weight is 404 g/mol. The van der Waals surface area contributed by atoms with E-state index in [9.17, 15) is 18.5 Å². The van der Waals surface area contributed by atoms with Crippen LogP contribution in [-0.2, 0) is 22.0 Å². The minimum Gasteiger partial charge on any atom is -0.339 e. The molecule has 1 aromatic heterocycles. The molecule has 12 heteroatoms. The van der Waals surface area contributed by atoms with Crippen LogP contribution >= 0.6 is 12.4 Å². The summed E-state index contributed by atoms with van der Waals surface area (Å²) in [5, 5.41) is 14.5. The second kappa shape index (κ2) is 7.66. The molecule has 1 fully saturated rings. The van der Waals surface area contributed by atoms with Crippen molar-refractivity contribution in [3.8, 4) is 0 Å². The number of nitro groups is 1. The van der Waals surface area contributed by atoms with E-state index in [2.05, 4.69) is 14.9 Å². The smallest absolute Gasteiger partial charge is 0.269 e. The molecule has 0 bridgehead atoms. The second-order valence-corrected chi connectivity index (χ2v) is 7.69. The number of nitrogens with two attached hydrogens (primary N) is 1. The molecule has 0 atom stereocenters. The maximum atomic E-state index is 12.2. The Balaban J connectivity index is 0.00000243. The van der Waals surface area contributed by atoms with Crippen LogP contribution in [0.5, 0.6) is 0 Å². The summed E-state index contributed by atoms with van der Waals surface area (Å²) >= 11 is 0. The third kappa shape index (κ3) is 4.18. The number of nitrogens with zero attached hydrogens (tertiary/aromatic N) is 3. The van der Waals surface area contributed by atoms with E-state index in [1.807, 2.05) is 0 Å². The van der Waals surface area contributed by atoms with E-state index in [0.717, 1.165) is 31.4 Å². The molecule has 0 spiro atoms. The van der Waals surface area contributed by atoms with E-state index in [4.69, 9.17) is 10.3 Å². The molecule has 1 aliphatic carbocycles. The molecule has 0 amide bonds. The first kappa shape index (κ1) is 20.2. The standard InChI is InChI=1S/C14H17N5O5S.ClH/c15-14(7-1-8-14)13-17-12(24-18-13)6-9-16-25(22,23)11-4-2-10(3-5-11)19(20)21;/h2-5,16H,1,6-9,15H2;1H. The number of hydrogen-bond acceptors (Lipinski definition) is 8. The Kier molecular flexibility index (Phi) is 5.96. The SMILES string of the molecule is Cl.NC1(c2noc(CCNS(=O)(=O)c3ccc([N+](=O)[O-])cc3)n2)CCC1. The number of non-ortho nitro benzene ring substituents is 1. The third-order valence-corrected chi connectivity index (χ3v) is 5.62. The van der Waals surface area contributed by atoms with Gasteiger partial charge in [0.15, 0.2) is 5.82 Å². The van der Waals surface area contributed by atoms with Crippen molar-refractivity contribution in [1.82, 2.24) is 14.9 Å². The molecule has 0 saturated heterocycles. The van der Waals surface area contributed by atoms with E-state index >= 15 is 0 Å². The summed E-state index contributed by atoms with van der Waals surface area (Å²) in [4.78, 5) is 14.2. The summed E-state index contributed by atoms with van der Waals surface area (Å²) < 4.78 is 31.8. The van der Waals surface area contributed by atoms with E-state index in [0.29, 0.717) is 11.7 Å². The predicted molar refractivity (Wildman–Crippen MR) is 93.3 cm³/mol. The zero-order valence-electron chi connectivity index (χ0n) is 13.6. The second-order valence-electron chi connectivity index (χ2n) is 5.92. The van der Waals surface area contributed by atoms with Crippen LogP contribution in [0.4, 0.5) is 5.69 Å². The number of hydrogen-bond donors (Lipinski definition) is 2. The van der Waals surface area contributed by atoms with Crippen molar-refractivity contribution in [3.63, 3.8) is 0 Å². The Morgan fingerprint density at radius 2 is 1.96 bits per heavy atom. The zero-order valence-corrected chi connectivity index (χ0v) is 15.3. The van der Waals surface area contributed by atoms with Crippen molar-refractivity contribution in [2.24, 2.45) is 5.73 Å². The van der Waals surface area contributed by atoms with Crippen molar-refractivity contribution in [2.75, 3.05) is 6.54 Å². The Labute approximate surface area is 155 Å². The number of sulfonamides is 1. The van der Waals surface area contributed by atoms with Gasteiger partial charge in [-0.2, -0.15) is 4.98 Å². The fraction of sp³-hybridized carbons (Fsp3) is 0.429.